The molecule has 0 amide bonds. The number of halogens is 1. The van der Waals surface area contributed by atoms with Crippen molar-refractivity contribution in [3.05, 3.63) is 27.5 Å². The molecular formula is C14H21BrN2O. The van der Waals surface area contributed by atoms with Crippen LogP contribution in [0.2, 0.25) is 0 Å². The molecule has 0 aromatic carbocycles. The van der Waals surface area contributed by atoms with Crippen molar-refractivity contribution in [3.63, 3.8) is 0 Å². The molecule has 0 unspecified atom stereocenters. The van der Waals surface area contributed by atoms with Crippen LogP contribution in [-0.4, -0.2) is 15.6 Å². The van der Waals surface area contributed by atoms with E-state index in [9.17, 15) is 4.79 Å². The smallest absolute Gasteiger partial charge is 0.164 e. The zero-order valence-electron chi connectivity index (χ0n) is 11.6. The summed E-state index contributed by atoms with van der Waals surface area (Å²) >= 11 is 3.57. The first-order chi connectivity index (χ1) is 8.58. The minimum atomic E-state index is 0.193. The maximum Gasteiger partial charge on any atom is 0.164 e. The standard InChI is InChI=1S/C14H21BrN2O/c1-5-10(6-2)13(18)9-12-14(15)11(7-3)16-17(12)8-4/h5H,6-9H2,1-4H3. The lowest BCUT2D eigenvalue weighted by atomic mass is 10.0. The number of Topliss-reactive ketones (excluding diaryl/α,β-unsaturated/α-hetero) is 1. The van der Waals surface area contributed by atoms with Gasteiger partial charge in [-0.1, -0.05) is 19.9 Å². The molecule has 0 aliphatic carbocycles. The minimum Gasteiger partial charge on any atom is -0.294 e. The van der Waals surface area contributed by atoms with Crippen molar-refractivity contribution in [2.24, 2.45) is 0 Å². The second-order valence-corrected chi connectivity index (χ2v) is 4.94. The second kappa shape index (κ2) is 6.88. The Morgan fingerprint density at radius 2 is 2.06 bits per heavy atom. The average molecular weight is 313 g/mol. The molecule has 0 saturated carbocycles. The number of carbonyl (C=O) groups is 1. The molecule has 0 N–H and O–H groups in total. The van der Waals surface area contributed by atoms with E-state index in [1.54, 1.807) is 0 Å². The summed E-state index contributed by atoms with van der Waals surface area (Å²) in [5, 5.41) is 4.51. The SMILES string of the molecule is CC=C(CC)C(=O)Cc1c(Br)c(CC)nn1CC. The summed E-state index contributed by atoms with van der Waals surface area (Å²) in [7, 11) is 0. The molecule has 3 nitrogen and oxygen atoms in total. The van der Waals surface area contributed by atoms with Gasteiger partial charge in [-0.25, -0.2) is 0 Å². The molecule has 1 rings (SSSR count). The third kappa shape index (κ3) is 3.10. The van der Waals surface area contributed by atoms with Crippen LogP contribution in [-0.2, 0) is 24.2 Å². The number of nitrogens with zero attached hydrogens (tertiary/aromatic N) is 2. The zero-order chi connectivity index (χ0) is 13.7. The Balaban J connectivity index is 3.03. The summed E-state index contributed by atoms with van der Waals surface area (Å²) < 4.78 is 2.91. The van der Waals surface area contributed by atoms with Crippen LogP contribution in [0.4, 0.5) is 0 Å². The van der Waals surface area contributed by atoms with Crippen molar-refractivity contribution in [3.8, 4) is 0 Å². The fourth-order valence-electron chi connectivity index (χ4n) is 2.01. The van der Waals surface area contributed by atoms with Crippen LogP contribution in [0.5, 0.6) is 0 Å². The number of carbonyl (C=O) groups excluding carboxylic acids is 1. The minimum absolute atomic E-state index is 0.193. The fourth-order valence-corrected chi connectivity index (χ4v) is 2.72. The quantitative estimate of drug-likeness (QED) is 0.751. The highest BCUT2D eigenvalue weighted by Gasteiger charge is 2.17. The second-order valence-electron chi connectivity index (χ2n) is 4.14. The molecule has 0 radical (unpaired) electrons. The van der Waals surface area contributed by atoms with Crippen molar-refractivity contribution < 1.29 is 4.79 Å². The van der Waals surface area contributed by atoms with Crippen LogP contribution >= 0.6 is 15.9 Å². The number of aromatic nitrogens is 2. The van der Waals surface area contributed by atoms with Gasteiger partial charge in [-0.15, -0.1) is 0 Å². The lowest BCUT2D eigenvalue weighted by molar-refractivity contribution is -0.115. The molecule has 0 fully saturated rings. The molecule has 4 heteroatoms. The van der Waals surface area contributed by atoms with E-state index in [2.05, 4.69) is 28.0 Å². The van der Waals surface area contributed by atoms with Gasteiger partial charge in [0.15, 0.2) is 5.78 Å². The van der Waals surface area contributed by atoms with Crippen molar-refractivity contribution in [2.75, 3.05) is 0 Å². The van der Waals surface area contributed by atoms with Gasteiger partial charge in [-0.3, -0.25) is 9.48 Å². The first kappa shape index (κ1) is 15.2. The first-order valence-electron chi connectivity index (χ1n) is 6.51. The van der Waals surface area contributed by atoms with Gasteiger partial charge in [0.2, 0.25) is 0 Å². The van der Waals surface area contributed by atoms with E-state index in [4.69, 9.17) is 0 Å². The van der Waals surface area contributed by atoms with Crippen LogP contribution < -0.4 is 0 Å². The molecule has 0 spiro atoms. The normalized spacial score (nSPS) is 11.9. The van der Waals surface area contributed by atoms with Crippen molar-refractivity contribution >= 4 is 21.7 Å². The van der Waals surface area contributed by atoms with Gasteiger partial charge >= 0.3 is 0 Å². The van der Waals surface area contributed by atoms with Crippen LogP contribution in [0.25, 0.3) is 0 Å². The maximum atomic E-state index is 12.2. The van der Waals surface area contributed by atoms with Crippen LogP contribution in [0.3, 0.4) is 0 Å². The average Bonchev–Trinajstić information content (AvgIpc) is 2.68. The predicted molar refractivity (Wildman–Crippen MR) is 77.7 cm³/mol. The highest BCUT2D eigenvalue weighted by Crippen LogP contribution is 2.24. The Morgan fingerprint density at radius 3 is 2.50 bits per heavy atom. The number of aryl methyl sites for hydroxylation is 2. The van der Waals surface area contributed by atoms with Crippen molar-refractivity contribution in [1.29, 1.82) is 0 Å². The molecule has 0 aliphatic rings. The Morgan fingerprint density at radius 1 is 1.39 bits per heavy atom. The summed E-state index contributed by atoms with van der Waals surface area (Å²) in [6.45, 7) is 8.83. The monoisotopic (exact) mass is 312 g/mol. The molecule has 18 heavy (non-hydrogen) atoms. The van der Waals surface area contributed by atoms with Crippen LogP contribution in [0.15, 0.2) is 16.1 Å². The number of hydrogen-bond acceptors (Lipinski definition) is 2. The highest BCUT2D eigenvalue weighted by atomic mass is 79.9. The topological polar surface area (TPSA) is 34.9 Å². The van der Waals surface area contributed by atoms with E-state index in [1.807, 2.05) is 31.5 Å². The number of allylic oxidation sites excluding steroid dienone is 2. The van der Waals surface area contributed by atoms with E-state index < -0.39 is 0 Å². The lowest BCUT2D eigenvalue weighted by Crippen LogP contribution is -2.11. The Bertz CT molecular complexity index is 461. The van der Waals surface area contributed by atoms with Crippen LogP contribution in [0.1, 0.15) is 45.5 Å². The largest absolute Gasteiger partial charge is 0.294 e. The molecule has 0 saturated heterocycles. The van der Waals surface area contributed by atoms with E-state index in [0.717, 1.165) is 40.8 Å². The van der Waals surface area contributed by atoms with E-state index >= 15 is 0 Å². The number of hydrogen-bond donors (Lipinski definition) is 0. The van der Waals surface area contributed by atoms with Gasteiger partial charge in [0.05, 0.1) is 22.3 Å². The summed E-state index contributed by atoms with van der Waals surface area (Å²) in [4.78, 5) is 12.2. The maximum absolute atomic E-state index is 12.2. The van der Waals surface area contributed by atoms with Gasteiger partial charge in [0.25, 0.3) is 0 Å². The third-order valence-corrected chi connectivity index (χ3v) is 4.03. The molecule has 1 aromatic rings. The van der Waals surface area contributed by atoms with Crippen LogP contribution in [0, 0.1) is 0 Å². The number of rotatable bonds is 6. The van der Waals surface area contributed by atoms with Crippen molar-refractivity contribution in [2.45, 2.75) is 53.5 Å². The Hall–Kier alpha value is -0.900. The molecule has 1 heterocycles. The molecule has 1 aromatic heterocycles. The first-order valence-corrected chi connectivity index (χ1v) is 7.30. The van der Waals surface area contributed by atoms with Gasteiger partial charge in [-0.2, -0.15) is 5.10 Å². The van der Waals surface area contributed by atoms with E-state index in [-0.39, 0.29) is 5.78 Å². The Labute approximate surface area is 117 Å². The molecule has 0 aliphatic heterocycles. The van der Waals surface area contributed by atoms with E-state index in [0.29, 0.717) is 6.42 Å². The lowest BCUT2D eigenvalue weighted by Gasteiger charge is -2.06. The summed E-state index contributed by atoms with van der Waals surface area (Å²) in [5.74, 6) is 0.193. The summed E-state index contributed by atoms with van der Waals surface area (Å²) in [6, 6.07) is 0. The molecule has 0 atom stereocenters. The van der Waals surface area contributed by atoms with E-state index in [1.165, 1.54) is 0 Å². The highest BCUT2D eigenvalue weighted by molar-refractivity contribution is 9.10. The zero-order valence-corrected chi connectivity index (χ0v) is 13.2. The summed E-state index contributed by atoms with van der Waals surface area (Å²) in [6.07, 6.45) is 3.99. The van der Waals surface area contributed by atoms with Gasteiger partial charge in [-0.05, 0) is 48.2 Å². The third-order valence-electron chi connectivity index (χ3n) is 3.11. The van der Waals surface area contributed by atoms with Crippen molar-refractivity contribution in [1.82, 2.24) is 9.78 Å². The Kier molecular flexibility index (Phi) is 5.79. The number of ketones is 1. The molecular weight excluding hydrogens is 292 g/mol. The van der Waals surface area contributed by atoms with Gasteiger partial charge < -0.3 is 0 Å². The summed E-state index contributed by atoms with van der Waals surface area (Å²) in [5.41, 5.74) is 2.91. The predicted octanol–water partition coefficient (Wildman–Crippen LogP) is 3.70. The molecule has 0 bridgehead atoms. The van der Waals surface area contributed by atoms with Gasteiger partial charge in [0.1, 0.15) is 0 Å². The fraction of sp³-hybridized carbons (Fsp3) is 0.571. The van der Waals surface area contributed by atoms with Gasteiger partial charge in [0, 0.05) is 6.54 Å². The molecule has 100 valence electrons.